The van der Waals surface area contributed by atoms with Gasteiger partial charge in [0.25, 0.3) is 0 Å². The first-order valence-corrected chi connectivity index (χ1v) is 4.45. The van der Waals surface area contributed by atoms with Crippen molar-refractivity contribution in [2.45, 2.75) is 4.90 Å². The van der Waals surface area contributed by atoms with Gasteiger partial charge in [-0.2, -0.15) is 0 Å². The maximum atomic E-state index is 5.41. The SMILES string of the molecule is Cl[CH]CSc1ccccc1. The average Bonchev–Trinajstić information content (AvgIpc) is 2.03. The van der Waals surface area contributed by atoms with Crippen LogP contribution in [0.1, 0.15) is 0 Å². The van der Waals surface area contributed by atoms with Gasteiger partial charge in [-0.1, -0.05) is 18.2 Å². The lowest BCUT2D eigenvalue weighted by molar-refractivity contribution is 1.46. The molecule has 0 aliphatic heterocycles. The number of rotatable bonds is 3. The topological polar surface area (TPSA) is 0 Å². The van der Waals surface area contributed by atoms with E-state index in [-0.39, 0.29) is 0 Å². The quantitative estimate of drug-likeness (QED) is 0.630. The Balaban J connectivity index is 2.43. The lowest BCUT2D eigenvalue weighted by Crippen LogP contribution is -1.72. The molecule has 53 valence electrons. The molecule has 1 radical (unpaired) electrons. The lowest BCUT2D eigenvalue weighted by Gasteiger charge is -1.95. The van der Waals surface area contributed by atoms with Crippen LogP contribution in [-0.4, -0.2) is 5.75 Å². The van der Waals surface area contributed by atoms with Crippen LogP contribution in [0.5, 0.6) is 0 Å². The Labute approximate surface area is 70.6 Å². The molecular formula is C8H8ClS. The Morgan fingerprint density at radius 1 is 1.30 bits per heavy atom. The molecule has 0 N–H and O–H groups in total. The summed E-state index contributed by atoms with van der Waals surface area (Å²) >= 11 is 7.14. The van der Waals surface area contributed by atoms with E-state index in [0.717, 1.165) is 5.75 Å². The second-order valence-corrected chi connectivity index (χ2v) is 3.18. The Bertz CT molecular complexity index is 174. The predicted molar refractivity (Wildman–Crippen MR) is 47.3 cm³/mol. The Morgan fingerprint density at radius 2 is 2.00 bits per heavy atom. The van der Waals surface area contributed by atoms with Crippen molar-refractivity contribution in [3.8, 4) is 0 Å². The maximum absolute atomic E-state index is 5.41. The van der Waals surface area contributed by atoms with Crippen LogP contribution in [-0.2, 0) is 0 Å². The van der Waals surface area contributed by atoms with E-state index in [9.17, 15) is 0 Å². The van der Waals surface area contributed by atoms with Crippen LogP contribution < -0.4 is 0 Å². The van der Waals surface area contributed by atoms with E-state index < -0.39 is 0 Å². The molecule has 2 heteroatoms. The van der Waals surface area contributed by atoms with Crippen molar-refractivity contribution in [1.29, 1.82) is 0 Å². The van der Waals surface area contributed by atoms with Crippen LogP contribution in [0.25, 0.3) is 0 Å². The van der Waals surface area contributed by atoms with Crippen molar-refractivity contribution < 1.29 is 0 Å². The zero-order chi connectivity index (χ0) is 7.23. The first kappa shape index (κ1) is 7.96. The van der Waals surface area contributed by atoms with Crippen LogP contribution >= 0.6 is 23.4 Å². The van der Waals surface area contributed by atoms with Crippen LogP contribution in [0.15, 0.2) is 35.2 Å². The summed E-state index contributed by atoms with van der Waals surface area (Å²) in [4.78, 5) is 1.26. The molecule has 0 fully saturated rings. The molecular weight excluding hydrogens is 164 g/mol. The molecule has 0 spiro atoms. The van der Waals surface area contributed by atoms with Crippen LogP contribution in [0.4, 0.5) is 0 Å². The van der Waals surface area contributed by atoms with Crippen molar-refractivity contribution in [2.24, 2.45) is 0 Å². The summed E-state index contributed by atoms with van der Waals surface area (Å²) in [6.07, 6.45) is 0. The Hall–Kier alpha value is -0.140. The van der Waals surface area contributed by atoms with E-state index in [4.69, 9.17) is 11.6 Å². The summed E-state index contributed by atoms with van der Waals surface area (Å²) < 4.78 is 0. The van der Waals surface area contributed by atoms with Crippen molar-refractivity contribution in [3.63, 3.8) is 0 Å². The van der Waals surface area contributed by atoms with E-state index in [0.29, 0.717) is 0 Å². The molecule has 0 bridgehead atoms. The number of thioether (sulfide) groups is 1. The normalized spacial score (nSPS) is 9.70. The fourth-order valence-corrected chi connectivity index (χ4v) is 1.44. The van der Waals surface area contributed by atoms with Crippen LogP contribution in [0.3, 0.4) is 0 Å². The van der Waals surface area contributed by atoms with Gasteiger partial charge in [-0.3, -0.25) is 0 Å². The van der Waals surface area contributed by atoms with E-state index in [1.54, 1.807) is 17.6 Å². The molecule has 10 heavy (non-hydrogen) atoms. The molecule has 0 amide bonds. The highest BCUT2D eigenvalue weighted by Crippen LogP contribution is 2.17. The molecule has 0 aliphatic carbocycles. The Morgan fingerprint density at radius 3 is 2.60 bits per heavy atom. The summed E-state index contributed by atoms with van der Waals surface area (Å²) in [5, 5.41) is 0. The predicted octanol–water partition coefficient (Wildman–Crippen LogP) is 3.18. The van der Waals surface area contributed by atoms with Gasteiger partial charge in [0.1, 0.15) is 0 Å². The van der Waals surface area contributed by atoms with Crippen molar-refractivity contribution in [1.82, 2.24) is 0 Å². The van der Waals surface area contributed by atoms with Gasteiger partial charge in [-0.25, -0.2) is 0 Å². The highest BCUT2D eigenvalue weighted by Gasteiger charge is 1.88. The second-order valence-electron chi connectivity index (χ2n) is 1.78. The van der Waals surface area contributed by atoms with Gasteiger partial charge < -0.3 is 0 Å². The third-order valence-electron chi connectivity index (χ3n) is 1.06. The van der Waals surface area contributed by atoms with E-state index >= 15 is 0 Å². The van der Waals surface area contributed by atoms with E-state index in [1.807, 2.05) is 18.2 Å². The van der Waals surface area contributed by atoms with Crippen molar-refractivity contribution in [2.75, 3.05) is 5.75 Å². The molecule has 0 heterocycles. The maximum Gasteiger partial charge on any atom is 0.0601 e. The molecule has 1 aromatic rings. The summed E-state index contributed by atoms with van der Waals surface area (Å²) in [6, 6.07) is 10.2. The highest BCUT2D eigenvalue weighted by atomic mass is 35.5. The van der Waals surface area contributed by atoms with Gasteiger partial charge in [0.2, 0.25) is 0 Å². The van der Waals surface area contributed by atoms with Crippen molar-refractivity contribution in [3.05, 3.63) is 36.2 Å². The summed E-state index contributed by atoms with van der Waals surface area (Å²) in [5.41, 5.74) is 0. The monoisotopic (exact) mass is 171 g/mol. The standard InChI is InChI=1S/C8H8ClS/c9-6-7-10-8-4-2-1-3-5-8/h1-6H,7H2. The zero-order valence-electron chi connectivity index (χ0n) is 5.46. The third kappa shape index (κ3) is 2.63. The molecule has 1 aromatic carbocycles. The first-order valence-electron chi connectivity index (χ1n) is 3.03. The van der Waals surface area contributed by atoms with Gasteiger partial charge in [-0.05, 0) is 12.1 Å². The summed E-state index contributed by atoms with van der Waals surface area (Å²) in [5.74, 6) is 2.50. The van der Waals surface area contributed by atoms with Crippen LogP contribution in [0, 0.1) is 5.88 Å². The number of benzene rings is 1. The first-order chi connectivity index (χ1) is 4.93. The molecule has 0 saturated heterocycles. The minimum absolute atomic E-state index is 0.867. The smallest absolute Gasteiger partial charge is 0.0601 e. The van der Waals surface area contributed by atoms with Gasteiger partial charge in [0.15, 0.2) is 0 Å². The lowest BCUT2D eigenvalue weighted by atomic mass is 10.4. The number of halogens is 1. The van der Waals surface area contributed by atoms with E-state index in [2.05, 4.69) is 12.1 Å². The van der Waals surface area contributed by atoms with Crippen molar-refractivity contribution >= 4 is 23.4 Å². The molecule has 0 nitrogen and oxygen atoms in total. The van der Waals surface area contributed by atoms with Gasteiger partial charge in [0.05, 0.1) is 5.88 Å². The molecule has 0 saturated carbocycles. The fourth-order valence-electron chi connectivity index (χ4n) is 0.644. The molecule has 0 unspecified atom stereocenters. The third-order valence-corrected chi connectivity index (χ3v) is 2.33. The summed E-state index contributed by atoms with van der Waals surface area (Å²) in [7, 11) is 0. The highest BCUT2D eigenvalue weighted by molar-refractivity contribution is 7.99. The van der Waals surface area contributed by atoms with Gasteiger partial charge in [0, 0.05) is 10.6 Å². The summed E-state index contributed by atoms with van der Waals surface area (Å²) in [6.45, 7) is 0. The molecule has 1 rings (SSSR count). The molecule has 0 aromatic heterocycles. The minimum Gasteiger partial charge on any atom is -0.125 e. The minimum atomic E-state index is 0.867. The second kappa shape index (κ2) is 4.64. The van der Waals surface area contributed by atoms with Gasteiger partial charge >= 0.3 is 0 Å². The number of hydrogen-bond acceptors (Lipinski definition) is 1. The fraction of sp³-hybridized carbons (Fsp3) is 0.125. The molecule has 0 atom stereocenters. The average molecular weight is 172 g/mol. The van der Waals surface area contributed by atoms with Crippen LogP contribution in [0.2, 0.25) is 0 Å². The Kier molecular flexibility index (Phi) is 3.69. The largest absolute Gasteiger partial charge is 0.125 e. The molecule has 0 aliphatic rings. The van der Waals surface area contributed by atoms with Gasteiger partial charge in [-0.15, -0.1) is 23.4 Å². The zero-order valence-corrected chi connectivity index (χ0v) is 7.03. The van der Waals surface area contributed by atoms with E-state index in [1.165, 1.54) is 4.90 Å². The number of hydrogen-bond donors (Lipinski definition) is 0.